The molecule has 0 bridgehead atoms. The predicted molar refractivity (Wildman–Crippen MR) is 71.4 cm³/mol. The fraction of sp³-hybridized carbons (Fsp3) is 0.600. The van der Waals surface area contributed by atoms with Crippen LogP contribution in [0.4, 0.5) is 8.78 Å². The van der Waals surface area contributed by atoms with Crippen LogP contribution in [-0.4, -0.2) is 6.54 Å². The summed E-state index contributed by atoms with van der Waals surface area (Å²) in [6, 6.07) is 4.37. The van der Waals surface area contributed by atoms with Crippen LogP contribution in [0, 0.1) is 17.0 Å². The zero-order chi connectivity index (χ0) is 13.6. The minimum absolute atomic E-state index is 0.107. The van der Waals surface area contributed by atoms with Crippen molar-refractivity contribution in [2.24, 2.45) is 11.1 Å². The van der Waals surface area contributed by atoms with Gasteiger partial charge in [-0.1, -0.05) is 38.8 Å². The molecule has 1 atom stereocenters. The SMILES string of the molecule is CCCCC(CC)(CN)Cc1cccc(F)c1F. The fourth-order valence-corrected chi connectivity index (χ4v) is 2.35. The highest BCUT2D eigenvalue weighted by atomic mass is 19.2. The van der Waals surface area contributed by atoms with Gasteiger partial charge in [0, 0.05) is 0 Å². The van der Waals surface area contributed by atoms with Crippen molar-refractivity contribution in [1.29, 1.82) is 0 Å². The third-order valence-corrected chi connectivity index (χ3v) is 3.84. The maximum absolute atomic E-state index is 13.7. The summed E-state index contributed by atoms with van der Waals surface area (Å²) in [7, 11) is 0. The molecule has 0 saturated carbocycles. The van der Waals surface area contributed by atoms with Crippen LogP contribution >= 0.6 is 0 Å². The van der Waals surface area contributed by atoms with Gasteiger partial charge in [-0.05, 0) is 42.9 Å². The summed E-state index contributed by atoms with van der Waals surface area (Å²) in [6.07, 6.45) is 4.53. The Balaban J connectivity index is 2.92. The first-order chi connectivity index (χ1) is 8.58. The largest absolute Gasteiger partial charge is 0.330 e. The molecule has 0 heterocycles. The van der Waals surface area contributed by atoms with Gasteiger partial charge in [-0.25, -0.2) is 8.78 Å². The zero-order valence-corrected chi connectivity index (χ0v) is 11.3. The highest BCUT2D eigenvalue weighted by Gasteiger charge is 2.27. The lowest BCUT2D eigenvalue weighted by Gasteiger charge is -2.32. The first-order valence-corrected chi connectivity index (χ1v) is 6.71. The summed E-state index contributed by atoms with van der Waals surface area (Å²) in [5.74, 6) is -1.50. The monoisotopic (exact) mass is 255 g/mol. The molecule has 0 aromatic heterocycles. The van der Waals surface area contributed by atoms with Gasteiger partial charge in [-0.15, -0.1) is 0 Å². The Hall–Kier alpha value is -0.960. The smallest absolute Gasteiger partial charge is 0.162 e. The summed E-state index contributed by atoms with van der Waals surface area (Å²) in [6.45, 7) is 4.71. The quantitative estimate of drug-likeness (QED) is 0.781. The second-order valence-corrected chi connectivity index (χ2v) is 5.05. The minimum Gasteiger partial charge on any atom is -0.330 e. The van der Waals surface area contributed by atoms with E-state index < -0.39 is 11.6 Å². The summed E-state index contributed by atoms with van der Waals surface area (Å²) >= 11 is 0. The van der Waals surface area contributed by atoms with Crippen molar-refractivity contribution in [2.45, 2.75) is 46.0 Å². The van der Waals surface area contributed by atoms with Crippen LogP contribution in [-0.2, 0) is 6.42 Å². The zero-order valence-electron chi connectivity index (χ0n) is 11.3. The van der Waals surface area contributed by atoms with Crippen molar-refractivity contribution in [3.8, 4) is 0 Å². The fourth-order valence-electron chi connectivity index (χ4n) is 2.35. The van der Waals surface area contributed by atoms with Crippen LogP contribution in [0.25, 0.3) is 0 Å². The molecule has 1 unspecified atom stereocenters. The number of benzene rings is 1. The number of rotatable bonds is 7. The molecule has 1 rings (SSSR count). The van der Waals surface area contributed by atoms with Gasteiger partial charge in [0.25, 0.3) is 0 Å². The van der Waals surface area contributed by atoms with Crippen molar-refractivity contribution in [3.63, 3.8) is 0 Å². The van der Waals surface area contributed by atoms with E-state index in [2.05, 4.69) is 13.8 Å². The molecule has 0 amide bonds. The Morgan fingerprint density at radius 1 is 1.22 bits per heavy atom. The van der Waals surface area contributed by atoms with Gasteiger partial charge in [0.15, 0.2) is 11.6 Å². The van der Waals surface area contributed by atoms with E-state index in [0.29, 0.717) is 18.5 Å². The Morgan fingerprint density at radius 2 is 1.94 bits per heavy atom. The van der Waals surface area contributed by atoms with E-state index in [0.717, 1.165) is 31.7 Å². The van der Waals surface area contributed by atoms with Crippen molar-refractivity contribution in [2.75, 3.05) is 6.54 Å². The van der Waals surface area contributed by atoms with Crippen molar-refractivity contribution >= 4 is 0 Å². The topological polar surface area (TPSA) is 26.0 Å². The number of halogens is 2. The molecule has 0 aliphatic rings. The van der Waals surface area contributed by atoms with Gasteiger partial charge in [0.05, 0.1) is 0 Å². The van der Waals surface area contributed by atoms with Crippen LogP contribution in [0.15, 0.2) is 18.2 Å². The normalized spacial score (nSPS) is 14.5. The van der Waals surface area contributed by atoms with E-state index in [9.17, 15) is 8.78 Å². The van der Waals surface area contributed by atoms with E-state index in [4.69, 9.17) is 5.73 Å². The van der Waals surface area contributed by atoms with Crippen molar-refractivity contribution < 1.29 is 8.78 Å². The van der Waals surface area contributed by atoms with E-state index in [-0.39, 0.29) is 5.41 Å². The van der Waals surface area contributed by atoms with Crippen LogP contribution in [0.2, 0.25) is 0 Å². The van der Waals surface area contributed by atoms with Gasteiger partial charge in [0.1, 0.15) is 0 Å². The van der Waals surface area contributed by atoms with Crippen LogP contribution in [0.1, 0.15) is 45.1 Å². The van der Waals surface area contributed by atoms with Crippen molar-refractivity contribution in [3.05, 3.63) is 35.4 Å². The van der Waals surface area contributed by atoms with E-state index in [1.54, 1.807) is 12.1 Å². The Bertz CT molecular complexity index is 373. The standard InChI is InChI=1S/C15H23F2N/c1-3-5-9-15(4-2,11-18)10-12-7-6-8-13(16)14(12)17/h6-8H,3-5,9-11,18H2,1-2H3. The lowest BCUT2D eigenvalue weighted by molar-refractivity contribution is 0.247. The summed E-state index contributed by atoms with van der Waals surface area (Å²) < 4.78 is 26.9. The molecule has 0 spiro atoms. The molecular weight excluding hydrogens is 232 g/mol. The maximum atomic E-state index is 13.7. The van der Waals surface area contributed by atoms with Crippen LogP contribution in [0.3, 0.4) is 0 Å². The number of hydrogen-bond acceptors (Lipinski definition) is 1. The molecule has 1 nitrogen and oxygen atoms in total. The highest BCUT2D eigenvalue weighted by Crippen LogP contribution is 2.33. The molecule has 18 heavy (non-hydrogen) atoms. The lowest BCUT2D eigenvalue weighted by atomic mass is 9.75. The first kappa shape index (κ1) is 15.1. The molecule has 0 aliphatic heterocycles. The third kappa shape index (κ3) is 3.52. The molecule has 0 radical (unpaired) electrons. The van der Waals surface area contributed by atoms with Gasteiger partial charge in [-0.3, -0.25) is 0 Å². The Kier molecular flexibility index (Phi) is 5.73. The molecule has 2 N–H and O–H groups in total. The van der Waals surface area contributed by atoms with Gasteiger partial charge in [0.2, 0.25) is 0 Å². The number of hydrogen-bond donors (Lipinski definition) is 1. The highest BCUT2D eigenvalue weighted by molar-refractivity contribution is 5.20. The maximum Gasteiger partial charge on any atom is 0.162 e. The second kappa shape index (κ2) is 6.83. The summed E-state index contributed by atoms with van der Waals surface area (Å²) in [5.41, 5.74) is 6.22. The molecule has 0 saturated heterocycles. The van der Waals surface area contributed by atoms with Crippen LogP contribution < -0.4 is 5.73 Å². The Labute approximate surface area is 108 Å². The van der Waals surface area contributed by atoms with E-state index in [1.165, 1.54) is 0 Å². The lowest BCUT2D eigenvalue weighted by Crippen LogP contribution is -2.32. The minimum atomic E-state index is -0.773. The summed E-state index contributed by atoms with van der Waals surface area (Å²) in [4.78, 5) is 0. The predicted octanol–water partition coefficient (Wildman–Crippen LogP) is 4.05. The average Bonchev–Trinajstić information content (AvgIpc) is 2.40. The molecule has 1 aromatic carbocycles. The van der Waals surface area contributed by atoms with Crippen molar-refractivity contribution in [1.82, 2.24) is 0 Å². The second-order valence-electron chi connectivity index (χ2n) is 5.05. The van der Waals surface area contributed by atoms with E-state index >= 15 is 0 Å². The number of nitrogens with two attached hydrogens (primary N) is 1. The third-order valence-electron chi connectivity index (χ3n) is 3.84. The molecule has 0 fully saturated rings. The molecule has 0 aliphatic carbocycles. The average molecular weight is 255 g/mol. The summed E-state index contributed by atoms with van der Waals surface area (Å²) in [5, 5.41) is 0. The van der Waals surface area contributed by atoms with Crippen LogP contribution in [0.5, 0.6) is 0 Å². The van der Waals surface area contributed by atoms with Gasteiger partial charge < -0.3 is 5.73 Å². The molecule has 1 aromatic rings. The number of unbranched alkanes of at least 4 members (excludes halogenated alkanes) is 1. The van der Waals surface area contributed by atoms with E-state index in [1.807, 2.05) is 0 Å². The Morgan fingerprint density at radius 3 is 2.50 bits per heavy atom. The first-order valence-electron chi connectivity index (χ1n) is 6.71. The molecule has 102 valence electrons. The van der Waals surface area contributed by atoms with Gasteiger partial charge >= 0.3 is 0 Å². The molecule has 3 heteroatoms. The molecular formula is C15H23F2N. The van der Waals surface area contributed by atoms with Gasteiger partial charge in [-0.2, -0.15) is 0 Å².